The third-order valence-electron chi connectivity index (χ3n) is 3.71. The molecule has 4 heteroatoms. The Balaban J connectivity index is 1.76. The van der Waals surface area contributed by atoms with E-state index in [0.29, 0.717) is 0 Å². The van der Waals surface area contributed by atoms with Crippen molar-refractivity contribution >= 4 is 11.3 Å². The fourth-order valence-corrected chi connectivity index (χ4v) is 3.48. The molecule has 2 aromatic rings. The molecule has 0 aliphatic carbocycles. The second-order valence-electron chi connectivity index (χ2n) is 5.63. The number of hydrogen-bond donors (Lipinski definition) is 1. The average Bonchev–Trinajstić information content (AvgIpc) is 2.97. The van der Waals surface area contributed by atoms with Gasteiger partial charge in [-0.05, 0) is 26.3 Å². The highest BCUT2D eigenvalue weighted by Gasteiger charge is 2.40. The summed E-state index contributed by atoms with van der Waals surface area (Å²) in [7, 11) is 0. The van der Waals surface area contributed by atoms with Gasteiger partial charge in [0.2, 0.25) is 0 Å². The third kappa shape index (κ3) is 2.45. The molecule has 1 aromatic heterocycles. The van der Waals surface area contributed by atoms with E-state index in [1.807, 2.05) is 18.3 Å². The topological polar surface area (TPSA) is 34.2 Å². The van der Waals surface area contributed by atoms with E-state index in [0.717, 1.165) is 23.7 Å². The van der Waals surface area contributed by atoms with Gasteiger partial charge in [0, 0.05) is 23.2 Å². The van der Waals surface area contributed by atoms with E-state index >= 15 is 0 Å². The molecule has 0 amide bonds. The molecule has 1 N–H and O–H groups in total. The number of hydrogen-bond acceptors (Lipinski definition) is 4. The number of aromatic nitrogens is 1. The first kappa shape index (κ1) is 13.6. The molecule has 1 aliphatic heterocycles. The van der Waals surface area contributed by atoms with Crippen molar-refractivity contribution in [3.63, 3.8) is 0 Å². The van der Waals surface area contributed by atoms with Gasteiger partial charge in [0.1, 0.15) is 16.4 Å². The minimum absolute atomic E-state index is 0.202. The maximum atomic E-state index is 6.04. The predicted molar refractivity (Wildman–Crippen MR) is 82.2 cm³/mol. The Morgan fingerprint density at radius 3 is 2.90 bits per heavy atom. The summed E-state index contributed by atoms with van der Waals surface area (Å²) in [6.07, 6.45) is 3.03. The van der Waals surface area contributed by atoms with E-state index in [2.05, 4.69) is 43.2 Å². The average molecular weight is 288 g/mol. The molecule has 0 fully saturated rings. The van der Waals surface area contributed by atoms with Crippen LogP contribution in [0.5, 0.6) is 5.75 Å². The van der Waals surface area contributed by atoms with Crippen molar-refractivity contribution in [1.29, 1.82) is 0 Å². The van der Waals surface area contributed by atoms with Crippen LogP contribution in [0.3, 0.4) is 0 Å². The monoisotopic (exact) mass is 288 g/mol. The summed E-state index contributed by atoms with van der Waals surface area (Å²) < 4.78 is 6.04. The Kier molecular flexibility index (Phi) is 3.52. The number of nitrogens with zero attached hydrogens (tertiary/aromatic N) is 1. The van der Waals surface area contributed by atoms with Crippen molar-refractivity contribution in [3.8, 4) is 5.75 Å². The molecule has 0 saturated carbocycles. The number of fused-ring (bicyclic) bond motifs is 1. The Morgan fingerprint density at radius 1 is 1.35 bits per heavy atom. The molecular formula is C16H20N2OS. The van der Waals surface area contributed by atoms with Crippen molar-refractivity contribution in [2.24, 2.45) is 0 Å². The van der Waals surface area contributed by atoms with Gasteiger partial charge in [0.05, 0.1) is 6.04 Å². The Morgan fingerprint density at radius 2 is 2.15 bits per heavy atom. The molecule has 3 nitrogen and oxygen atoms in total. The molecule has 20 heavy (non-hydrogen) atoms. The summed E-state index contributed by atoms with van der Waals surface area (Å²) >= 11 is 1.78. The van der Waals surface area contributed by atoms with Crippen LogP contribution >= 0.6 is 11.3 Å². The number of para-hydroxylation sites is 1. The van der Waals surface area contributed by atoms with Crippen LogP contribution in [0, 0.1) is 0 Å². The number of thiazole rings is 1. The standard InChI is InChI=1S/C16H20N2OS/c1-4-11-9-17-14(20-11)10-18-15-12-7-5-6-8-13(12)19-16(15,2)3/h5-9,15,18H,4,10H2,1-3H3. The van der Waals surface area contributed by atoms with Gasteiger partial charge >= 0.3 is 0 Å². The lowest BCUT2D eigenvalue weighted by Crippen LogP contribution is -2.38. The summed E-state index contributed by atoms with van der Waals surface area (Å²) in [5.74, 6) is 0.989. The second kappa shape index (κ2) is 5.19. The predicted octanol–water partition coefficient (Wildman–Crippen LogP) is 3.71. The quantitative estimate of drug-likeness (QED) is 0.931. The fourth-order valence-electron chi connectivity index (χ4n) is 2.67. The van der Waals surface area contributed by atoms with E-state index in [1.165, 1.54) is 10.4 Å². The minimum atomic E-state index is -0.228. The van der Waals surface area contributed by atoms with Crippen LogP contribution in [0.15, 0.2) is 30.5 Å². The summed E-state index contributed by atoms with van der Waals surface area (Å²) in [6.45, 7) is 7.21. The highest BCUT2D eigenvalue weighted by Crippen LogP contribution is 2.42. The van der Waals surface area contributed by atoms with Gasteiger partial charge in [-0.2, -0.15) is 0 Å². The van der Waals surface area contributed by atoms with Gasteiger partial charge in [-0.3, -0.25) is 0 Å². The minimum Gasteiger partial charge on any atom is -0.486 e. The molecular weight excluding hydrogens is 268 g/mol. The summed E-state index contributed by atoms with van der Waals surface area (Å²) in [5.41, 5.74) is 1.01. The van der Waals surface area contributed by atoms with Crippen molar-refractivity contribution in [2.45, 2.75) is 45.4 Å². The number of nitrogens with one attached hydrogen (secondary N) is 1. The molecule has 0 saturated heterocycles. The summed E-state index contributed by atoms with van der Waals surface area (Å²) in [5, 5.41) is 4.75. The molecule has 1 aromatic carbocycles. The van der Waals surface area contributed by atoms with Crippen LogP contribution in [0.25, 0.3) is 0 Å². The number of ether oxygens (including phenoxy) is 1. The lowest BCUT2D eigenvalue weighted by molar-refractivity contribution is 0.0958. The maximum Gasteiger partial charge on any atom is 0.125 e. The zero-order valence-corrected chi connectivity index (χ0v) is 13.0. The number of benzene rings is 1. The zero-order chi connectivity index (χ0) is 14.2. The van der Waals surface area contributed by atoms with Gasteiger partial charge in [-0.1, -0.05) is 25.1 Å². The Hall–Kier alpha value is -1.39. The lowest BCUT2D eigenvalue weighted by atomic mass is 9.94. The Bertz CT molecular complexity index is 606. The van der Waals surface area contributed by atoms with Crippen LogP contribution in [0.4, 0.5) is 0 Å². The van der Waals surface area contributed by atoms with Crippen LogP contribution in [0.2, 0.25) is 0 Å². The molecule has 0 radical (unpaired) electrons. The number of rotatable bonds is 4. The molecule has 1 unspecified atom stereocenters. The van der Waals surface area contributed by atoms with E-state index in [9.17, 15) is 0 Å². The van der Waals surface area contributed by atoms with Gasteiger partial charge < -0.3 is 10.1 Å². The van der Waals surface area contributed by atoms with Crippen LogP contribution < -0.4 is 10.1 Å². The lowest BCUT2D eigenvalue weighted by Gasteiger charge is -2.27. The number of aryl methyl sites for hydroxylation is 1. The molecule has 0 spiro atoms. The van der Waals surface area contributed by atoms with E-state index in [1.54, 1.807) is 11.3 Å². The van der Waals surface area contributed by atoms with E-state index in [4.69, 9.17) is 4.74 Å². The van der Waals surface area contributed by atoms with Crippen molar-refractivity contribution < 1.29 is 4.74 Å². The molecule has 1 aliphatic rings. The van der Waals surface area contributed by atoms with Crippen LogP contribution in [-0.4, -0.2) is 10.6 Å². The third-order valence-corrected chi connectivity index (χ3v) is 4.85. The van der Waals surface area contributed by atoms with Gasteiger partial charge in [-0.25, -0.2) is 4.98 Å². The summed E-state index contributed by atoms with van der Waals surface area (Å²) in [6, 6.07) is 8.47. The fraction of sp³-hybridized carbons (Fsp3) is 0.438. The van der Waals surface area contributed by atoms with Crippen molar-refractivity contribution in [1.82, 2.24) is 10.3 Å². The molecule has 106 valence electrons. The van der Waals surface area contributed by atoms with Gasteiger partial charge in [-0.15, -0.1) is 11.3 Å². The second-order valence-corrected chi connectivity index (χ2v) is 6.83. The van der Waals surface area contributed by atoms with E-state index < -0.39 is 0 Å². The molecule has 2 heterocycles. The SMILES string of the molecule is CCc1cnc(CNC2c3ccccc3OC2(C)C)s1. The maximum absolute atomic E-state index is 6.04. The van der Waals surface area contributed by atoms with Gasteiger partial charge in [0.25, 0.3) is 0 Å². The first-order chi connectivity index (χ1) is 9.60. The van der Waals surface area contributed by atoms with Crippen molar-refractivity contribution in [2.75, 3.05) is 0 Å². The zero-order valence-electron chi connectivity index (χ0n) is 12.1. The smallest absolute Gasteiger partial charge is 0.125 e. The van der Waals surface area contributed by atoms with Crippen LogP contribution in [-0.2, 0) is 13.0 Å². The molecule has 1 atom stereocenters. The highest BCUT2D eigenvalue weighted by atomic mass is 32.1. The summed E-state index contributed by atoms with van der Waals surface area (Å²) in [4.78, 5) is 5.80. The van der Waals surface area contributed by atoms with E-state index in [-0.39, 0.29) is 11.6 Å². The highest BCUT2D eigenvalue weighted by molar-refractivity contribution is 7.11. The van der Waals surface area contributed by atoms with Crippen molar-refractivity contribution in [3.05, 3.63) is 45.9 Å². The molecule has 0 bridgehead atoms. The first-order valence-electron chi connectivity index (χ1n) is 7.05. The Labute approximate surface area is 124 Å². The normalized spacial score (nSPS) is 19.6. The molecule has 3 rings (SSSR count). The van der Waals surface area contributed by atoms with Gasteiger partial charge in [0.15, 0.2) is 0 Å². The first-order valence-corrected chi connectivity index (χ1v) is 7.86. The van der Waals surface area contributed by atoms with Crippen LogP contribution in [0.1, 0.15) is 42.3 Å². The largest absolute Gasteiger partial charge is 0.486 e.